The Kier molecular flexibility index (Phi) is 4.76. The third kappa shape index (κ3) is 4.47. The van der Waals surface area contributed by atoms with E-state index in [9.17, 15) is 8.42 Å². The molecule has 0 aliphatic carbocycles. The van der Waals surface area contributed by atoms with E-state index in [1.165, 1.54) is 12.8 Å². The van der Waals surface area contributed by atoms with Crippen molar-refractivity contribution in [2.45, 2.75) is 38.6 Å². The van der Waals surface area contributed by atoms with Crippen LogP contribution in [0.15, 0.2) is 18.3 Å². The molecule has 0 spiro atoms. The molecule has 6 heteroatoms. The van der Waals surface area contributed by atoms with Crippen LogP contribution < -0.4 is 10.0 Å². The molecule has 0 bridgehead atoms. The molecule has 1 fully saturated rings. The van der Waals surface area contributed by atoms with Gasteiger partial charge in [0, 0.05) is 12.2 Å². The first-order valence-electron chi connectivity index (χ1n) is 6.72. The summed E-state index contributed by atoms with van der Waals surface area (Å²) in [5, 5.41) is 3.36. The van der Waals surface area contributed by atoms with Crippen molar-refractivity contribution in [2.75, 3.05) is 17.0 Å². The zero-order chi connectivity index (χ0) is 13.7. The summed E-state index contributed by atoms with van der Waals surface area (Å²) in [4.78, 5) is 4.07. The van der Waals surface area contributed by atoms with Gasteiger partial charge in [-0.3, -0.25) is 9.71 Å². The number of hydrogen-bond donors (Lipinski definition) is 2. The van der Waals surface area contributed by atoms with Crippen LogP contribution in [0.25, 0.3) is 0 Å². The van der Waals surface area contributed by atoms with Crippen LogP contribution in [0.5, 0.6) is 0 Å². The van der Waals surface area contributed by atoms with E-state index in [0.717, 1.165) is 13.0 Å². The van der Waals surface area contributed by atoms with Crippen molar-refractivity contribution in [2.24, 2.45) is 0 Å². The van der Waals surface area contributed by atoms with E-state index in [-0.39, 0.29) is 5.75 Å². The number of nitrogens with zero attached hydrogens (tertiary/aromatic N) is 1. The summed E-state index contributed by atoms with van der Waals surface area (Å²) in [5.41, 5.74) is 1.26. The van der Waals surface area contributed by atoms with E-state index in [1.807, 2.05) is 0 Å². The Morgan fingerprint density at radius 3 is 3.00 bits per heavy atom. The predicted molar refractivity (Wildman–Crippen MR) is 76.6 cm³/mol. The molecule has 1 aromatic heterocycles. The lowest BCUT2D eigenvalue weighted by atomic mass is 10.0. The minimum atomic E-state index is -3.29. The molecule has 1 aliphatic rings. The molecule has 0 radical (unpaired) electrons. The summed E-state index contributed by atoms with van der Waals surface area (Å²) >= 11 is 0. The van der Waals surface area contributed by atoms with Gasteiger partial charge in [-0.05, 0) is 44.9 Å². The summed E-state index contributed by atoms with van der Waals surface area (Å²) in [6, 6.07) is 3.80. The van der Waals surface area contributed by atoms with Crippen molar-refractivity contribution in [3.63, 3.8) is 0 Å². The van der Waals surface area contributed by atoms with Crippen molar-refractivity contribution < 1.29 is 8.42 Å². The Labute approximate surface area is 114 Å². The number of rotatable bonds is 5. The topological polar surface area (TPSA) is 71.1 Å². The van der Waals surface area contributed by atoms with Gasteiger partial charge in [0.15, 0.2) is 0 Å². The van der Waals surface area contributed by atoms with Crippen molar-refractivity contribution in [1.82, 2.24) is 10.3 Å². The molecule has 1 aliphatic heterocycles. The molecule has 1 atom stereocenters. The predicted octanol–water partition coefficient (Wildman–Crippen LogP) is 1.66. The highest BCUT2D eigenvalue weighted by atomic mass is 32.2. The summed E-state index contributed by atoms with van der Waals surface area (Å²) in [6.45, 7) is 2.79. The number of aromatic nitrogens is 1. The van der Waals surface area contributed by atoms with Gasteiger partial charge in [0.25, 0.3) is 0 Å². The number of piperidine rings is 1. The first-order valence-corrected chi connectivity index (χ1v) is 8.37. The fraction of sp³-hybridized carbons (Fsp3) is 0.615. The smallest absolute Gasteiger partial charge is 0.232 e. The monoisotopic (exact) mass is 283 g/mol. The number of nitrogens with one attached hydrogen (secondary N) is 2. The molecule has 2 N–H and O–H groups in total. The quantitative estimate of drug-likeness (QED) is 0.862. The van der Waals surface area contributed by atoms with Gasteiger partial charge in [0.1, 0.15) is 0 Å². The minimum absolute atomic E-state index is 0.152. The van der Waals surface area contributed by atoms with Crippen molar-refractivity contribution in [3.8, 4) is 0 Å². The van der Waals surface area contributed by atoms with E-state index in [4.69, 9.17) is 0 Å². The minimum Gasteiger partial charge on any atom is -0.314 e. The maximum atomic E-state index is 12.0. The van der Waals surface area contributed by atoms with Crippen molar-refractivity contribution >= 4 is 15.7 Å². The molecule has 5 nitrogen and oxygen atoms in total. The van der Waals surface area contributed by atoms with Crippen LogP contribution in [0.3, 0.4) is 0 Å². The summed E-state index contributed by atoms with van der Waals surface area (Å²) in [5.74, 6) is 0.152. The van der Waals surface area contributed by atoms with Crippen LogP contribution in [0.4, 0.5) is 5.69 Å². The average molecular weight is 283 g/mol. The van der Waals surface area contributed by atoms with Crippen LogP contribution in [-0.2, 0) is 10.0 Å². The van der Waals surface area contributed by atoms with E-state index >= 15 is 0 Å². The lowest BCUT2D eigenvalue weighted by Crippen LogP contribution is -2.36. The van der Waals surface area contributed by atoms with Crippen LogP contribution >= 0.6 is 0 Å². The fourth-order valence-corrected chi connectivity index (χ4v) is 3.53. The van der Waals surface area contributed by atoms with E-state index in [2.05, 4.69) is 15.0 Å². The van der Waals surface area contributed by atoms with Crippen LogP contribution in [0.1, 0.15) is 31.4 Å². The summed E-state index contributed by atoms with van der Waals surface area (Å²) in [7, 11) is -3.29. The average Bonchev–Trinajstić information content (AvgIpc) is 2.40. The van der Waals surface area contributed by atoms with Gasteiger partial charge in [0.05, 0.1) is 17.1 Å². The number of anilines is 1. The molecule has 19 heavy (non-hydrogen) atoms. The Bertz CT molecular complexity index is 510. The molecule has 106 valence electrons. The molecule has 0 saturated carbocycles. The molecule has 1 unspecified atom stereocenters. The molecule has 0 amide bonds. The SMILES string of the molecule is Cc1ncccc1NS(=O)(=O)CCC1CCCCN1. The first-order chi connectivity index (χ1) is 9.07. The second kappa shape index (κ2) is 6.34. The molecule has 2 heterocycles. The molecule has 2 rings (SSSR count). The van der Waals surface area contributed by atoms with Gasteiger partial charge in [-0.2, -0.15) is 0 Å². The van der Waals surface area contributed by atoms with E-state index in [1.54, 1.807) is 25.3 Å². The molecule has 0 aromatic carbocycles. The number of sulfonamides is 1. The van der Waals surface area contributed by atoms with Gasteiger partial charge in [-0.1, -0.05) is 6.42 Å². The van der Waals surface area contributed by atoms with E-state index in [0.29, 0.717) is 23.8 Å². The first kappa shape index (κ1) is 14.3. The lowest BCUT2D eigenvalue weighted by molar-refractivity contribution is 0.393. The number of pyridine rings is 1. The van der Waals surface area contributed by atoms with Crippen molar-refractivity contribution in [1.29, 1.82) is 0 Å². The Balaban J connectivity index is 1.90. The van der Waals surface area contributed by atoms with Gasteiger partial charge < -0.3 is 5.32 Å². The van der Waals surface area contributed by atoms with Crippen LogP contribution in [0.2, 0.25) is 0 Å². The zero-order valence-corrected chi connectivity index (χ0v) is 12.0. The highest BCUT2D eigenvalue weighted by Crippen LogP contribution is 2.15. The third-order valence-corrected chi connectivity index (χ3v) is 4.72. The second-order valence-corrected chi connectivity index (χ2v) is 6.83. The molecular weight excluding hydrogens is 262 g/mol. The summed E-state index contributed by atoms with van der Waals surface area (Å²) in [6.07, 6.45) is 5.76. The largest absolute Gasteiger partial charge is 0.314 e. The lowest BCUT2D eigenvalue weighted by Gasteiger charge is -2.23. The maximum absolute atomic E-state index is 12.0. The molecular formula is C13H21N3O2S. The number of aryl methyl sites for hydroxylation is 1. The highest BCUT2D eigenvalue weighted by Gasteiger charge is 2.18. The zero-order valence-electron chi connectivity index (χ0n) is 11.2. The van der Waals surface area contributed by atoms with Gasteiger partial charge >= 0.3 is 0 Å². The Hall–Kier alpha value is -1.14. The highest BCUT2D eigenvalue weighted by molar-refractivity contribution is 7.92. The van der Waals surface area contributed by atoms with Crippen LogP contribution in [-0.4, -0.2) is 31.7 Å². The Morgan fingerprint density at radius 1 is 1.47 bits per heavy atom. The van der Waals surface area contributed by atoms with E-state index < -0.39 is 10.0 Å². The second-order valence-electron chi connectivity index (χ2n) is 4.99. The summed E-state index contributed by atoms with van der Waals surface area (Å²) < 4.78 is 26.7. The van der Waals surface area contributed by atoms with Gasteiger partial charge in [-0.25, -0.2) is 8.42 Å². The maximum Gasteiger partial charge on any atom is 0.232 e. The molecule has 1 aromatic rings. The van der Waals surface area contributed by atoms with Gasteiger partial charge in [-0.15, -0.1) is 0 Å². The fourth-order valence-electron chi connectivity index (χ4n) is 2.28. The third-order valence-electron chi connectivity index (χ3n) is 3.42. The van der Waals surface area contributed by atoms with Crippen LogP contribution in [0, 0.1) is 6.92 Å². The van der Waals surface area contributed by atoms with Crippen molar-refractivity contribution in [3.05, 3.63) is 24.0 Å². The normalized spacial score (nSPS) is 20.2. The van der Waals surface area contributed by atoms with Gasteiger partial charge in [0.2, 0.25) is 10.0 Å². The molecule has 1 saturated heterocycles. The number of hydrogen-bond acceptors (Lipinski definition) is 4. The Morgan fingerprint density at radius 2 is 2.32 bits per heavy atom. The standard InChI is InChI=1S/C13H21N3O2S/c1-11-13(6-4-9-14-11)16-19(17,18)10-7-12-5-2-3-8-15-12/h4,6,9,12,15-16H,2-3,5,7-8,10H2,1H3.